The zero-order chi connectivity index (χ0) is 8.60. The van der Waals surface area contributed by atoms with Crippen molar-refractivity contribution in [3.63, 3.8) is 0 Å². The van der Waals surface area contributed by atoms with Gasteiger partial charge in [-0.2, -0.15) is 0 Å². The lowest BCUT2D eigenvalue weighted by molar-refractivity contribution is 0.0944. The smallest absolute Gasteiger partial charge is 0.0716 e. The van der Waals surface area contributed by atoms with E-state index in [4.69, 9.17) is 4.74 Å². The summed E-state index contributed by atoms with van der Waals surface area (Å²) in [6.07, 6.45) is 3.73. The molecule has 0 aromatic heterocycles. The number of nitrogens with zero attached hydrogens (tertiary/aromatic N) is 1. The minimum absolute atomic E-state index is 0.0840. The highest BCUT2D eigenvalue weighted by Crippen LogP contribution is 2.39. The van der Waals surface area contributed by atoms with E-state index in [-0.39, 0.29) is 5.54 Å². The fraction of sp³-hybridized carbons (Fsp3) is 1.00. The van der Waals surface area contributed by atoms with Crippen LogP contribution in [0, 0.1) is 0 Å². The predicted molar refractivity (Wildman–Crippen MR) is 46.0 cm³/mol. The highest BCUT2D eigenvalue weighted by atomic mass is 16.5. The molecule has 1 N–H and O–H groups in total. The molecule has 2 rings (SSSR count). The molecular formula is C9H17NO2. The second kappa shape index (κ2) is 2.98. The Morgan fingerprint density at radius 3 is 3.08 bits per heavy atom. The van der Waals surface area contributed by atoms with Gasteiger partial charge in [0, 0.05) is 19.2 Å². The topological polar surface area (TPSA) is 32.7 Å². The van der Waals surface area contributed by atoms with Gasteiger partial charge in [0.15, 0.2) is 0 Å². The summed E-state index contributed by atoms with van der Waals surface area (Å²) < 4.78 is 5.32. The maximum Gasteiger partial charge on any atom is 0.0716 e. The van der Waals surface area contributed by atoms with Crippen LogP contribution in [0.2, 0.25) is 0 Å². The van der Waals surface area contributed by atoms with Gasteiger partial charge in [-0.1, -0.05) is 0 Å². The standard InChI is InChI=1S/C9H17NO2/c1-12-8-5-9(7-11)3-2-4-10(9)6-8/h8,11H,2-7H2,1H3/t8-,9-/m0/s1. The quantitative estimate of drug-likeness (QED) is 0.645. The number of hydrogen-bond acceptors (Lipinski definition) is 3. The van der Waals surface area contributed by atoms with Crippen molar-refractivity contribution in [2.45, 2.75) is 30.9 Å². The van der Waals surface area contributed by atoms with E-state index in [1.807, 2.05) is 0 Å². The summed E-state index contributed by atoms with van der Waals surface area (Å²) in [5, 5.41) is 9.34. The molecule has 0 aromatic carbocycles. The molecule has 2 fully saturated rings. The summed E-state index contributed by atoms with van der Waals surface area (Å²) in [6.45, 7) is 2.45. The van der Waals surface area contributed by atoms with Gasteiger partial charge in [-0.15, -0.1) is 0 Å². The van der Waals surface area contributed by atoms with Crippen molar-refractivity contribution in [1.82, 2.24) is 4.90 Å². The van der Waals surface area contributed by atoms with Crippen LogP contribution in [0.4, 0.5) is 0 Å². The van der Waals surface area contributed by atoms with Gasteiger partial charge in [0.1, 0.15) is 0 Å². The Balaban J connectivity index is 2.09. The fourth-order valence-corrected chi connectivity index (χ4v) is 2.65. The van der Waals surface area contributed by atoms with Crippen LogP contribution in [-0.2, 0) is 4.74 Å². The third-order valence-electron chi connectivity index (χ3n) is 3.40. The first-order valence-electron chi connectivity index (χ1n) is 4.69. The molecule has 2 saturated heterocycles. The van der Waals surface area contributed by atoms with E-state index >= 15 is 0 Å². The Morgan fingerprint density at radius 2 is 2.50 bits per heavy atom. The van der Waals surface area contributed by atoms with Crippen molar-refractivity contribution >= 4 is 0 Å². The number of aliphatic hydroxyl groups excluding tert-OH is 1. The molecule has 0 bridgehead atoms. The minimum Gasteiger partial charge on any atom is -0.394 e. The SMILES string of the molecule is CO[C@@H]1CN2CCC[C@@]2(CO)C1. The van der Waals surface area contributed by atoms with Crippen molar-refractivity contribution in [3.05, 3.63) is 0 Å². The van der Waals surface area contributed by atoms with Crippen LogP contribution in [0.5, 0.6) is 0 Å². The summed E-state index contributed by atoms with van der Waals surface area (Å²) in [6, 6.07) is 0. The second-order valence-electron chi connectivity index (χ2n) is 3.99. The fourth-order valence-electron chi connectivity index (χ4n) is 2.65. The van der Waals surface area contributed by atoms with E-state index in [2.05, 4.69) is 4.90 Å². The highest BCUT2D eigenvalue weighted by molar-refractivity contribution is 5.03. The second-order valence-corrected chi connectivity index (χ2v) is 3.99. The normalized spacial score (nSPS) is 42.0. The Labute approximate surface area is 73.3 Å². The maximum absolute atomic E-state index is 9.34. The van der Waals surface area contributed by atoms with Crippen molar-refractivity contribution < 1.29 is 9.84 Å². The van der Waals surface area contributed by atoms with Gasteiger partial charge in [-0.3, -0.25) is 4.90 Å². The minimum atomic E-state index is 0.0840. The van der Waals surface area contributed by atoms with E-state index in [0.29, 0.717) is 12.7 Å². The lowest BCUT2D eigenvalue weighted by atomic mass is 9.94. The van der Waals surface area contributed by atoms with Crippen LogP contribution in [0.25, 0.3) is 0 Å². The van der Waals surface area contributed by atoms with Crippen LogP contribution >= 0.6 is 0 Å². The van der Waals surface area contributed by atoms with Gasteiger partial charge < -0.3 is 9.84 Å². The van der Waals surface area contributed by atoms with Crippen molar-refractivity contribution in [1.29, 1.82) is 0 Å². The number of fused-ring (bicyclic) bond motifs is 1. The third kappa shape index (κ3) is 1.08. The summed E-state index contributed by atoms with van der Waals surface area (Å²) >= 11 is 0. The molecule has 2 aliphatic heterocycles. The first-order valence-corrected chi connectivity index (χ1v) is 4.69. The number of rotatable bonds is 2. The van der Waals surface area contributed by atoms with Gasteiger partial charge in [0.2, 0.25) is 0 Å². The van der Waals surface area contributed by atoms with Crippen molar-refractivity contribution in [2.24, 2.45) is 0 Å². The lowest BCUT2D eigenvalue weighted by Crippen LogP contribution is -2.41. The molecule has 2 heterocycles. The molecule has 0 aliphatic carbocycles. The Kier molecular flexibility index (Phi) is 2.10. The Bertz CT molecular complexity index is 174. The molecule has 0 amide bonds. The van der Waals surface area contributed by atoms with Crippen molar-refractivity contribution in [2.75, 3.05) is 26.8 Å². The summed E-state index contributed by atoms with van der Waals surface area (Å²) in [7, 11) is 1.76. The van der Waals surface area contributed by atoms with E-state index in [1.54, 1.807) is 7.11 Å². The summed E-state index contributed by atoms with van der Waals surface area (Å²) in [5.74, 6) is 0. The molecule has 0 spiro atoms. The molecule has 0 unspecified atom stereocenters. The van der Waals surface area contributed by atoms with Crippen LogP contribution in [0.15, 0.2) is 0 Å². The largest absolute Gasteiger partial charge is 0.394 e. The van der Waals surface area contributed by atoms with Gasteiger partial charge >= 0.3 is 0 Å². The van der Waals surface area contributed by atoms with Crippen LogP contribution in [0.1, 0.15) is 19.3 Å². The molecule has 2 atom stereocenters. The summed E-state index contributed by atoms with van der Waals surface area (Å²) in [4.78, 5) is 2.39. The van der Waals surface area contributed by atoms with E-state index in [0.717, 1.165) is 25.9 Å². The number of hydrogen-bond donors (Lipinski definition) is 1. The van der Waals surface area contributed by atoms with Crippen LogP contribution in [-0.4, -0.2) is 48.5 Å². The average Bonchev–Trinajstić information content (AvgIpc) is 2.58. The third-order valence-corrected chi connectivity index (χ3v) is 3.40. The predicted octanol–water partition coefficient (Wildman–Crippen LogP) is 0.232. The van der Waals surface area contributed by atoms with E-state index < -0.39 is 0 Å². The number of aliphatic hydroxyl groups is 1. The number of methoxy groups -OCH3 is 1. The van der Waals surface area contributed by atoms with Crippen LogP contribution in [0.3, 0.4) is 0 Å². The van der Waals surface area contributed by atoms with Gasteiger partial charge in [-0.25, -0.2) is 0 Å². The zero-order valence-electron chi connectivity index (χ0n) is 7.62. The van der Waals surface area contributed by atoms with E-state index in [1.165, 1.54) is 6.42 Å². The van der Waals surface area contributed by atoms with Crippen molar-refractivity contribution in [3.8, 4) is 0 Å². The first-order chi connectivity index (χ1) is 5.80. The monoisotopic (exact) mass is 171 g/mol. The molecule has 3 heteroatoms. The molecule has 0 radical (unpaired) electrons. The average molecular weight is 171 g/mol. The Morgan fingerprint density at radius 1 is 1.67 bits per heavy atom. The maximum atomic E-state index is 9.34. The van der Waals surface area contributed by atoms with Gasteiger partial charge in [-0.05, 0) is 25.8 Å². The van der Waals surface area contributed by atoms with Gasteiger partial charge in [0.25, 0.3) is 0 Å². The van der Waals surface area contributed by atoms with Crippen LogP contribution < -0.4 is 0 Å². The lowest BCUT2D eigenvalue weighted by Gasteiger charge is -2.28. The molecule has 2 aliphatic rings. The highest BCUT2D eigenvalue weighted by Gasteiger charge is 2.47. The molecule has 0 saturated carbocycles. The molecule has 0 aromatic rings. The van der Waals surface area contributed by atoms with E-state index in [9.17, 15) is 5.11 Å². The first kappa shape index (κ1) is 8.48. The molecule has 3 nitrogen and oxygen atoms in total. The Hall–Kier alpha value is -0.120. The number of ether oxygens (including phenoxy) is 1. The molecular weight excluding hydrogens is 154 g/mol. The molecule has 70 valence electrons. The van der Waals surface area contributed by atoms with Gasteiger partial charge in [0.05, 0.1) is 12.7 Å². The summed E-state index contributed by atoms with van der Waals surface area (Å²) in [5.41, 5.74) is 0.0840. The zero-order valence-corrected chi connectivity index (χ0v) is 7.62. The molecule has 12 heavy (non-hydrogen) atoms.